The van der Waals surface area contributed by atoms with E-state index in [1.807, 2.05) is 19.9 Å². The van der Waals surface area contributed by atoms with Crippen LogP contribution in [0, 0.1) is 16.0 Å². The van der Waals surface area contributed by atoms with Gasteiger partial charge in [-0.2, -0.15) is 0 Å². The van der Waals surface area contributed by atoms with Crippen LogP contribution in [0.1, 0.15) is 19.4 Å². The van der Waals surface area contributed by atoms with Crippen molar-refractivity contribution in [2.45, 2.75) is 20.3 Å². The lowest BCUT2D eigenvalue weighted by Crippen LogP contribution is -2.18. The Labute approximate surface area is 101 Å². The van der Waals surface area contributed by atoms with Crippen LogP contribution >= 0.6 is 0 Å². The minimum atomic E-state index is -0.415. The second kappa shape index (κ2) is 6.20. The molecule has 1 rings (SSSR count). The summed E-state index contributed by atoms with van der Waals surface area (Å²) in [6, 6.07) is 5.05. The molecule has 0 spiro atoms. The Kier molecular flexibility index (Phi) is 4.90. The first-order valence-electron chi connectivity index (χ1n) is 5.68. The standard InChI is InChI=1S/C12H18N2O3/c1-3-10-4-5-12(11(6-10)14(15)16)17-8-9(2)7-13/h4-6,9H,3,7-8,13H2,1-2H3. The molecule has 17 heavy (non-hydrogen) atoms. The van der Waals surface area contributed by atoms with E-state index in [1.54, 1.807) is 12.1 Å². The molecule has 0 aliphatic rings. The van der Waals surface area contributed by atoms with Crippen molar-refractivity contribution in [3.63, 3.8) is 0 Å². The smallest absolute Gasteiger partial charge is 0.311 e. The van der Waals surface area contributed by atoms with Crippen molar-refractivity contribution in [1.29, 1.82) is 0 Å². The fourth-order valence-corrected chi connectivity index (χ4v) is 1.35. The Morgan fingerprint density at radius 1 is 1.53 bits per heavy atom. The van der Waals surface area contributed by atoms with Gasteiger partial charge in [0, 0.05) is 12.0 Å². The number of hydrogen-bond donors (Lipinski definition) is 1. The summed E-state index contributed by atoms with van der Waals surface area (Å²) >= 11 is 0. The summed E-state index contributed by atoms with van der Waals surface area (Å²) in [5.41, 5.74) is 6.41. The Hall–Kier alpha value is -1.62. The molecule has 0 aliphatic carbocycles. The highest BCUT2D eigenvalue weighted by molar-refractivity contribution is 5.48. The molecule has 0 amide bonds. The SMILES string of the molecule is CCc1ccc(OCC(C)CN)c([N+](=O)[O-])c1. The van der Waals surface area contributed by atoms with E-state index in [0.29, 0.717) is 18.9 Å². The van der Waals surface area contributed by atoms with Gasteiger partial charge in [-0.1, -0.05) is 19.9 Å². The third-order valence-electron chi connectivity index (χ3n) is 2.55. The largest absolute Gasteiger partial charge is 0.486 e. The lowest BCUT2D eigenvalue weighted by molar-refractivity contribution is -0.386. The molecule has 0 aromatic heterocycles. The first-order chi connectivity index (χ1) is 8.08. The Bertz CT molecular complexity index is 393. The lowest BCUT2D eigenvalue weighted by Gasteiger charge is -2.11. The molecule has 5 nitrogen and oxygen atoms in total. The molecule has 0 saturated carbocycles. The predicted octanol–water partition coefficient (Wildman–Crippen LogP) is 2.13. The molecule has 1 aromatic carbocycles. The third-order valence-corrected chi connectivity index (χ3v) is 2.55. The van der Waals surface area contributed by atoms with E-state index in [-0.39, 0.29) is 11.6 Å². The van der Waals surface area contributed by atoms with E-state index in [9.17, 15) is 10.1 Å². The highest BCUT2D eigenvalue weighted by Gasteiger charge is 2.16. The van der Waals surface area contributed by atoms with Crippen LogP contribution in [0.3, 0.4) is 0 Å². The van der Waals surface area contributed by atoms with Crippen LogP contribution in [0.5, 0.6) is 5.75 Å². The van der Waals surface area contributed by atoms with Gasteiger partial charge in [0.05, 0.1) is 11.5 Å². The summed E-state index contributed by atoms with van der Waals surface area (Å²) in [6.45, 7) is 4.78. The van der Waals surface area contributed by atoms with Crippen molar-refractivity contribution < 1.29 is 9.66 Å². The van der Waals surface area contributed by atoms with Gasteiger partial charge < -0.3 is 10.5 Å². The highest BCUT2D eigenvalue weighted by Crippen LogP contribution is 2.28. The third kappa shape index (κ3) is 3.71. The van der Waals surface area contributed by atoms with E-state index in [2.05, 4.69) is 0 Å². The molecular weight excluding hydrogens is 220 g/mol. The Balaban J connectivity index is 2.87. The van der Waals surface area contributed by atoms with Crippen molar-refractivity contribution in [3.8, 4) is 5.75 Å². The number of benzene rings is 1. The zero-order valence-electron chi connectivity index (χ0n) is 10.2. The number of aryl methyl sites for hydroxylation is 1. The second-order valence-corrected chi connectivity index (χ2v) is 4.06. The van der Waals surface area contributed by atoms with Crippen molar-refractivity contribution >= 4 is 5.69 Å². The minimum Gasteiger partial charge on any atom is -0.486 e. The maximum absolute atomic E-state index is 10.9. The van der Waals surface area contributed by atoms with Crippen LogP contribution in [0.15, 0.2) is 18.2 Å². The molecule has 1 unspecified atom stereocenters. The van der Waals surface area contributed by atoms with Crippen LogP contribution in [0.2, 0.25) is 0 Å². The number of nitrogens with two attached hydrogens (primary N) is 1. The quantitative estimate of drug-likeness (QED) is 0.608. The fourth-order valence-electron chi connectivity index (χ4n) is 1.35. The molecule has 0 bridgehead atoms. The molecule has 0 aliphatic heterocycles. The highest BCUT2D eigenvalue weighted by atomic mass is 16.6. The van der Waals surface area contributed by atoms with Crippen LogP contribution in [0.25, 0.3) is 0 Å². The Morgan fingerprint density at radius 2 is 2.24 bits per heavy atom. The van der Waals surface area contributed by atoms with Gasteiger partial charge in [0.15, 0.2) is 5.75 Å². The summed E-state index contributed by atoms with van der Waals surface area (Å²) in [7, 11) is 0. The lowest BCUT2D eigenvalue weighted by atomic mass is 10.1. The maximum atomic E-state index is 10.9. The zero-order chi connectivity index (χ0) is 12.8. The number of rotatable bonds is 6. The van der Waals surface area contributed by atoms with E-state index < -0.39 is 4.92 Å². The maximum Gasteiger partial charge on any atom is 0.311 e. The summed E-state index contributed by atoms with van der Waals surface area (Å²) < 4.78 is 5.43. The molecule has 94 valence electrons. The van der Waals surface area contributed by atoms with Gasteiger partial charge in [-0.25, -0.2) is 0 Å². The van der Waals surface area contributed by atoms with E-state index >= 15 is 0 Å². The molecule has 0 heterocycles. The summed E-state index contributed by atoms with van der Waals surface area (Å²) in [6.07, 6.45) is 0.764. The van der Waals surface area contributed by atoms with Crippen molar-refractivity contribution in [3.05, 3.63) is 33.9 Å². The first-order valence-corrected chi connectivity index (χ1v) is 5.68. The average molecular weight is 238 g/mol. The van der Waals surface area contributed by atoms with E-state index in [4.69, 9.17) is 10.5 Å². The number of ether oxygens (including phenoxy) is 1. The molecule has 1 atom stereocenters. The normalized spacial score (nSPS) is 12.2. The minimum absolute atomic E-state index is 0.0218. The van der Waals surface area contributed by atoms with E-state index in [1.165, 1.54) is 0 Å². The molecule has 5 heteroatoms. The fraction of sp³-hybridized carbons (Fsp3) is 0.500. The van der Waals surface area contributed by atoms with Crippen LogP contribution in [0.4, 0.5) is 5.69 Å². The molecule has 0 saturated heterocycles. The van der Waals surface area contributed by atoms with Crippen LogP contribution in [-0.4, -0.2) is 18.1 Å². The number of nitro benzene ring substituents is 1. The predicted molar refractivity (Wildman–Crippen MR) is 66.2 cm³/mol. The zero-order valence-corrected chi connectivity index (χ0v) is 10.2. The van der Waals surface area contributed by atoms with Crippen molar-refractivity contribution in [1.82, 2.24) is 0 Å². The summed E-state index contributed by atoms with van der Waals surface area (Å²) in [4.78, 5) is 10.5. The van der Waals surface area contributed by atoms with Crippen molar-refractivity contribution in [2.24, 2.45) is 11.7 Å². The topological polar surface area (TPSA) is 78.4 Å². The van der Waals surface area contributed by atoms with Gasteiger partial charge in [-0.05, 0) is 24.6 Å². The molecule has 0 radical (unpaired) electrons. The van der Waals surface area contributed by atoms with Gasteiger partial charge in [0.2, 0.25) is 0 Å². The van der Waals surface area contributed by atoms with Gasteiger partial charge in [0.1, 0.15) is 0 Å². The van der Waals surface area contributed by atoms with Crippen molar-refractivity contribution in [2.75, 3.05) is 13.2 Å². The Morgan fingerprint density at radius 3 is 2.76 bits per heavy atom. The van der Waals surface area contributed by atoms with Crippen LogP contribution in [-0.2, 0) is 6.42 Å². The molecular formula is C12H18N2O3. The number of nitrogens with zero attached hydrogens (tertiary/aromatic N) is 1. The summed E-state index contributed by atoms with van der Waals surface area (Å²) in [5.74, 6) is 0.493. The van der Waals surface area contributed by atoms with Gasteiger partial charge in [-0.15, -0.1) is 0 Å². The van der Waals surface area contributed by atoms with Gasteiger partial charge >= 0.3 is 5.69 Å². The monoisotopic (exact) mass is 238 g/mol. The molecule has 2 N–H and O–H groups in total. The van der Waals surface area contributed by atoms with Gasteiger partial charge in [-0.3, -0.25) is 10.1 Å². The van der Waals surface area contributed by atoms with Crippen LogP contribution < -0.4 is 10.5 Å². The molecule has 0 fully saturated rings. The number of hydrogen-bond acceptors (Lipinski definition) is 4. The molecule has 1 aromatic rings. The second-order valence-electron chi connectivity index (χ2n) is 4.06. The first kappa shape index (κ1) is 13.4. The van der Waals surface area contributed by atoms with E-state index in [0.717, 1.165) is 12.0 Å². The van der Waals surface area contributed by atoms with Gasteiger partial charge in [0.25, 0.3) is 0 Å². The average Bonchev–Trinajstić information content (AvgIpc) is 2.35. The summed E-state index contributed by atoms with van der Waals surface area (Å²) in [5, 5.41) is 10.9. The number of nitro groups is 1.